The molecule has 0 aromatic heterocycles. The average Bonchev–Trinajstić information content (AvgIpc) is 3.50. The molecule has 0 aromatic carbocycles. The zero-order valence-corrected chi connectivity index (χ0v) is 54.7. The molecule has 0 amide bonds. The third kappa shape index (κ3) is 68.7. The van der Waals surface area contributed by atoms with Crippen molar-refractivity contribution < 1.29 is 28.6 Å². The topological polar surface area (TPSA) is 78.9 Å². The lowest BCUT2D eigenvalue weighted by Gasteiger charge is -2.18. The first-order valence-corrected chi connectivity index (χ1v) is 35.4. The summed E-state index contributed by atoms with van der Waals surface area (Å²) in [5, 5.41) is 0. The molecule has 0 aromatic rings. The van der Waals surface area contributed by atoms with Gasteiger partial charge in [-0.1, -0.05) is 342 Å². The maximum absolute atomic E-state index is 12.9. The maximum atomic E-state index is 12.9. The number of allylic oxidation sites excluding steroid dienone is 18. The number of rotatable bonds is 64. The fourth-order valence-electron chi connectivity index (χ4n) is 10.0. The molecule has 0 aliphatic heterocycles. The predicted octanol–water partition coefficient (Wildman–Crippen LogP) is 24.6. The van der Waals surface area contributed by atoms with Gasteiger partial charge in [0, 0.05) is 19.3 Å². The van der Waals surface area contributed by atoms with Crippen LogP contribution in [0.2, 0.25) is 0 Å². The number of esters is 3. The molecule has 0 spiro atoms. The van der Waals surface area contributed by atoms with Crippen molar-refractivity contribution in [2.75, 3.05) is 13.2 Å². The minimum absolute atomic E-state index is 0.0811. The van der Waals surface area contributed by atoms with Crippen LogP contribution in [0.25, 0.3) is 0 Å². The minimum atomic E-state index is -0.784. The van der Waals surface area contributed by atoms with Crippen LogP contribution in [0.4, 0.5) is 0 Å². The van der Waals surface area contributed by atoms with Crippen LogP contribution in [-0.4, -0.2) is 37.2 Å². The largest absolute Gasteiger partial charge is 0.462 e. The van der Waals surface area contributed by atoms with Crippen molar-refractivity contribution in [3.8, 4) is 0 Å². The van der Waals surface area contributed by atoms with Gasteiger partial charge in [-0.05, 0) is 89.9 Å². The Bertz CT molecular complexity index is 1660. The van der Waals surface area contributed by atoms with Crippen LogP contribution in [0.1, 0.15) is 342 Å². The summed E-state index contributed by atoms with van der Waals surface area (Å²) < 4.78 is 16.9. The summed E-state index contributed by atoms with van der Waals surface area (Å²) in [7, 11) is 0. The van der Waals surface area contributed by atoms with Crippen LogP contribution in [0.5, 0.6) is 0 Å². The predicted molar refractivity (Wildman–Crippen MR) is 362 cm³/mol. The van der Waals surface area contributed by atoms with Crippen LogP contribution in [0.15, 0.2) is 109 Å². The van der Waals surface area contributed by atoms with E-state index in [0.717, 1.165) is 135 Å². The summed E-state index contributed by atoms with van der Waals surface area (Å²) >= 11 is 0. The molecule has 1 unspecified atom stereocenters. The Labute approximate surface area is 514 Å². The second-order valence-electron chi connectivity index (χ2n) is 23.4. The fraction of sp³-hybridized carbons (Fsp3) is 0.727. The van der Waals surface area contributed by atoms with Gasteiger partial charge in [-0.2, -0.15) is 0 Å². The molecule has 0 fully saturated rings. The van der Waals surface area contributed by atoms with Gasteiger partial charge in [-0.25, -0.2) is 0 Å². The Morgan fingerprint density at radius 1 is 0.253 bits per heavy atom. The summed E-state index contributed by atoms with van der Waals surface area (Å²) in [4.78, 5) is 38.2. The number of hydrogen-bond acceptors (Lipinski definition) is 6. The van der Waals surface area contributed by atoms with Crippen molar-refractivity contribution >= 4 is 17.9 Å². The van der Waals surface area contributed by atoms with Crippen molar-refractivity contribution in [3.05, 3.63) is 109 Å². The normalized spacial score (nSPS) is 12.8. The Balaban J connectivity index is 4.14. The van der Waals surface area contributed by atoms with Gasteiger partial charge < -0.3 is 14.2 Å². The van der Waals surface area contributed by atoms with Crippen LogP contribution in [0, 0.1) is 0 Å². The van der Waals surface area contributed by atoms with Gasteiger partial charge in [0.05, 0.1) is 0 Å². The molecule has 0 rings (SSSR count). The van der Waals surface area contributed by atoms with Gasteiger partial charge in [0.2, 0.25) is 0 Å². The summed E-state index contributed by atoms with van der Waals surface area (Å²) in [5.41, 5.74) is 0. The lowest BCUT2D eigenvalue weighted by Crippen LogP contribution is -2.30. The number of ether oxygens (including phenoxy) is 3. The third-order valence-corrected chi connectivity index (χ3v) is 15.3. The molecule has 1 atom stereocenters. The van der Waals surface area contributed by atoms with E-state index in [1.165, 1.54) is 167 Å². The summed E-state index contributed by atoms with van der Waals surface area (Å²) in [5.74, 6) is -0.895. The van der Waals surface area contributed by atoms with Crippen LogP contribution >= 0.6 is 0 Å². The minimum Gasteiger partial charge on any atom is -0.462 e. The number of carbonyl (C=O) groups is 3. The first-order chi connectivity index (χ1) is 41.0. The standard InChI is InChI=1S/C77H132O6/c1-4-7-10-13-16-18-20-22-24-26-28-30-32-34-35-36-37-38-39-40-41-43-44-46-48-50-52-54-56-58-61-64-67-70-76(79)82-73-74(72-81-75(78)69-66-63-60-15-12-9-6-3)83-77(80)71-68-65-62-59-57-55-53-51-49-47-45-42-33-31-29-27-25-23-21-19-17-14-11-8-5-2/h7,10,16,18,22,24,28,30,34-35,37-38,40-41,44,46,50,52,74H,4-6,8-9,11-15,17,19-21,23,25-27,29,31-33,36,39,42-43,45,47-49,51,53-73H2,1-3H3/b10-7-,18-16-,24-22-,30-28-,35-34-,38-37-,41-40-,46-44-,52-50-. The summed E-state index contributed by atoms with van der Waals surface area (Å²) in [6.07, 6.45) is 97.2. The van der Waals surface area contributed by atoms with Gasteiger partial charge in [0.1, 0.15) is 13.2 Å². The SMILES string of the molecule is CC/C=C\C/C=C\C/C=C\C/C=C\C/C=C\C/C=C\C/C=C\C/C=C\C/C=C\CCCCCCCC(=O)OCC(COC(=O)CCCCCCCCC)OC(=O)CCCCCCCCCCCCCCCCCCCCCCCCCCC. The smallest absolute Gasteiger partial charge is 0.306 e. The Morgan fingerprint density at radius 3 is 0.735 bits per heavy atom. The van der Waals surface area contributed by atoms with E-state index in [4.69, 9.17) is 14.2 Å². The number of hydrogen-bond donors (Lipinski definition) is 0. The second-order valence-corrected chi connectivity index (χ2v) is 23.4. The molecule has 0 saturated carbocycles. The van der Waals surface area contributed by atoms with Crippen molar-refractivity contribution in [2.45, 2.75) is 348 Å². The molecule has 0 radical (unpaired) electrons. The molecule has 0 aliphatic rings. The van der Waals surface area contributed by atoms with E-state index in [1.54, 1.807) is 0 Å². The molecule has 6 heteroatoms. The van der Waals surface area contributed by atoms with Crippen LogP contribution in [0.3, 0.4) is 0 Å². The van der Waals surface area contributed by atoms with Gasteiger partial charge in [-0.15, -0.1) is 0 Å². The molecule has 6 nitrogen and oxygen atoms in total. The fourth-order valence-corrected chi connectivity index (χ4v) is 10.0. The average molecular weight is 1150 g/mol. The van der Waals surface area contributed by atoms with E-state index in [-0.39, 0.29) is 31.1 Å². The van der Waals surface area contributed by atoms with Gasteiger partial charge >= 0.3 is 17.9 Å². The van der Waals surface area contributed by atoms with Gasteiger partial charge in [0.15, 0.2) is 6.10 Å². The highest BCUT2D eigenvalue weighted by atomic mass is 16.6. The van der Waals surface area contributed by atoms with Crippen LogP contribution < -0.4 is 0 Å². The number of unbranched alkanes of at least 4 members (excludes halogenated alkanes) is 35. The van der Waals surface area contributed by atoms with Gasteiger partial charge in [0.25, 0.3) is 0 Å². The lowest BCUT2D eigenvalue weighted by atomic mass is 10.0. The molecule has 0 aliphatic carbocycles. The van der Waals surface area contributed by atoms with Crippen molar-refractivity contribution in [3.63, 3.8) is 0 Å². The highest BCUT2D eigenvalue weighted by Gasteiger charge is 2.19. The Hall–Kier alpha value is -3.93. The molecule has 0 N–H and O–H groups in total. The first kappa shape index (κ1) is 79.1. The van der Waals surface area contributed by atoms with Crippen molar-refractivity contribution in [2.24, 2.45) is 0 Å². The Morgan fingerprint density at radius 2 is 0.470 bits per heavy atom. The zero-order valence-electron chi connectivity index (χ0n) is 54.7. The summed E-state index contributed by atoms with van der Waals surface area (Å²) in [6.45, 7) is 6.51. The highest BCUT2D eigenvalue weighted by molar-refractivity contribution is 5.71. The van der Waals surface area contributed by atoms with E-state index in [2.05, 4.69) is 130 Å². The number of carbonyl (C=O) groups excluding carboxylic acids is 3. The maximum Gasteiger partial charge on any atom is 0.306 e. The van der Waals surface area contributed by atoms with E-state index >= 15 is 0 Å². The van der Waals surface area contributed by atoms with E-state index in [0.29, 0.717) is 19.3 Å². The molecule has 476 valence electrons. The molecule has 0 bridgehead atoms. The molecule has 0 heterocycles. The zero-order chi connectivity index (χ0) is 59.9. The Kier molecular flexibility index (Phi) is 67.2. The molecular formula is C77H132O6. The van der Waals surface area contributed by atoms with E-state index in [9.17, 15) is 14.4 Å². The van der Waals surface area contributed by atoms with Crippen LogP contribution in [-0.2, 0) is 28.6 Å². The van der Waals surface area contributed by atoms with Crippen molar-refractivity contribution in [1.29, 1.82) is 0 Å². The lowest BCUT2D eigenvalue weighted by molar-refractivity contribution is -0.167. The van der Waals surface area contributed by atoms with Crippen molar-refractivity contribution in [1.82, 2.24) is 0 Å². The summed E-state index contributed by atoms with van der Waals surface area (Å²) in [6, 6.07) is 0. The highest BCUT2D eigenvalue weighted by Crippen LogP contribution is 2.18. The molecule has 0 saturated heterocycles. The monoisotopic (exact) mass is 1150 g/mol. The van der Waals surface area contributed by atoms with E-state index in [1.807, 2.05) is 0 Å². The second kappa shape index (κ2) is 70.6. The molecule has 83 heavy (non-hydrogen) atoms. The third-order valence-electron chi connectivity index (χ3n) is 15.3. The van der Waals surface area contributed by atoms with Gasteiger partial charge in [-0.3, -0.25) is 14.4 Å². The quantitative estimate of drug-likeness (QED) is 0.0261. The van der Waals surface area contributed by atoms with E-state index < -0.39 is 6.10 Å². The molecular weight excluding hydrogens is 1020 g/mol. The first-order valence-electron chi connectivity index (χ1n) is 35.4.